The van der Waals surface area contributed by atoms with Crippen molar-refractivity contribution in [3.8, 4) is 0 Å². The van der Waals surface area contributed by atoms with Gasteiger partial charge in [-0.15, -0.1) is 0 Å². The van der Waals surface area contributed by atoms with Crippen LogP contribution in [0.15, 0.2) is 60.7 Å². The highest BCUT2D eigenvalue weighted by atomic mass is 16.7. The van der Waals surface area contributed by atoms with Crippen molar-refractivity contribution in [2.45, 2.75) is 31.7 Å². The SMILES string of the molecule is COC1O[C@H](COCc2ccccc2)[C@@H](OCc2ccccc2)C1=O. The van der Waals surface area contributed by atoms with E-state index in [4.69, 9.17) is 18.9 Å². The summed E-state index contributed by atoms with van der Waals surface area (Å²) < 4.78 is 22.3. The topological polar surface area (TPSA) is 54.0 Å². The van der Waals surface area contributed by atoms with Crippen molar-refractivity contribution in [2.75, 3.05) is 13.7 Å². The number of ether oxygens (including phenoxy) is 4. The molecule has 2 aromatic carbocycles. The maximum atomic E-state index is 12.4. The number of hydrogen-bond donors (Lipinski definition) is 0. The Morgan fingerprint density at radius 2 is 1.52 bits per heavy atom. The van der Waals surface area contributed by atoms with Crippen LogP contribution in [0.5, 0.6) is 0 Å². The fourth-order valence-corrected chi connectivity index (χ4v) is 2.73. The molecular formula is C20H22O5. The second-order valence-electron chi connectivity index (χ2n) is 5.86. The van der Waals surface area contributed by atoms with Gasteiger partial charge in [-0.05, 0) is 11.1 Å². The Labute approximate surface area is 147 Å². The maximum absolute atomic E-state index is 12.4. The molecule has 1 heterocycles. The number of carbonyl (C=O) groups is 1. The van der Waals surface area contributed by atoms with Gasteiger partial charge in [-0.3, -0.25) is 4.79 Å². The van der Waals surface area contributed by atoms with Gasteiger partial charge in [0.2, 0.25) is 12.1 Å². The number of ketones is 1. The van der Waals surface area contributed by atoms with Crippen LogP contribution in [0.25, 0.3) is 0 Å². The molecule has 5 heteroatoms. The van der Waals surface area contributed by atoms with E-state index in [1.165, 1.54) is 7.11 Å². The van der Waals surface area contributed by atoms with Gasteiger partial charge in [0, 0.05) is 7.11 Å². The van der Waals surface area contributed by atoms with E-state index in [9.17, 15) is 4.79 Å². The zero-order valence-electron chi connectivity index (χ0n) is 14.2. The Morgan fingerprint density at radius 3 is 2.12 bits per heavy atom. The maximum Gasteiger partial charge on any atom is 0.220 e. The first-order chi connectivity index (χ1) is 12.3. The highest BCUT2D eigenvalue weighted by molar-refractivity contribution is 5.88. The van der Waals surface area contributed by atoms with E-state index in [1.54, 1.807) is 0 Å². The molecule has 5 nitrogen and oxygen atoms in total. The van der Waals surface area contributed by atoms with Crippen molar-refractivity contribution in [2.24, 2.45) is 0 Å². The monoisotopic (exact) mass is 342 g/mol. The van der Waals surface area contributed by atoms with Gasteiger partial charge in [-0.2, -0.15) is 0 Å². The molecule has 0 saturated carbocycles. The van der Waals surface area contributed by atoms with Crippen molar-refractivity contribution in [3.63, 3.8) is 0 Å². The fraction of sp³-hybridized carbons (Fsp3) is 0.350. The molecule has 1 unspecified atom stereocenters. The molecule has 3 rings (SSSR count). The summed E-state index contributed by atoms with van der Waals surface area (Å²) in [6.07, 6.45) is -2.07. The molecule has 1 aliphatic heterocycles. The molecule has 1 fully saturated rings. The van der Waals surface area contributed by atoms with Crippen molar-refractivity contribution in [1.82, 2.24) is 0 Å². The molecule has 0 aromatic heterocycles. The molecule has 132 valence electrons. The predicted molar refractivity (Wildman–Crippen MR) is 91.8 cm³/mol. The third-order valence-corrected chi connectivity index (χ3v) is 4.03. The van der Waals surface area contributed by atoms with Gasteiger partial charge < -0.3 is 18.9 Å². The molecular weight excluding hydrogens is 320 g/mol. The first-order valence-corrected chi connectivity index (χ1v) is 8.27. The van der Waals surface area contributed by atoms with E-state index < -0.39 is 18.5 Å². The second kappa shape index (κ2) is 8.87. The Hall–Kier alpha value is -2.05. The summed E-state index contributed by atoms with van der Waals surface area (Å²) in [4.78, 5) is 12.4. The lowest BCUT2D eigenvalue weighted by molar-refractivity contribution is -0.154. The number of rotatable bonds is 8. The lowest BCUT2D eigenvalue weighted by atomic mass is 10.1. The predicted octanol–water partition coefficient (Wildman–Crippen LogP) is 2.73. The van der Waals surface area contributed by atoms with Gasteiger partial charge in [-0.25, -0.2) is 0 Å². The van der Waals surface area contributed by atoms with Crippen LogP contribution < -0.4 is 0 Å². The third-order valence-electron chi connectivity index (χ3n) is 4.03. The summed E-state index contributed by atoms with van der Waals surface area (Å²) in [7, 11) is 1.45. The highest BCUT2D eigenvalue weighted by Crippen LogP contribution is 2.22. The molecule has 1 saturated heterocycles. The third kappa shape index (κ3) is 4.74. The molecule has 0 aliphatic carbocycles. The number of hydrogen-bond acceptors (Lipinski definition) is 5. The van der Waals surface area contributed by atoms with Gasteiger partial charge in [-0.1, -0.05) is 60.7 Å². The minimum Gasteiger partial charge on any atom is -0.374 e. The smallest absolute Gasteiger partial charge is 0.220 e. The first kappa shape index (κ1) is 17.8. The Kier molecular flexibility index (Phi) is 6.30. The molecule has 1 aliphatic rings. The number of methoxy groups -OCH3 is 1. The van der Waals surface area contributed by atoms with Gasteiger partial charge in [0.25, 0.3) is 0 Å². The molecule has 25 heavy (non-hydrogen) atoms. The summed E-state index contributed by atoms with van der Waals surface area (Å²) >= 11 is 0. The average Bonchev–Trinajstić information content (AvgIpc) is 2.97. The van der Waals surface area contributed by atoms with Gasteiger partial charge in [0.05, 0.1) is 19.8 Å². The molecule has 0 amide bonds. The van der Waals surface area contributed by atoms with Crippen molar-refractivity contribution in [3.05, 3.63) is 71.8 Å². The molecule has 0 N–H and O–H groups in total. The second-order valence-corrected chi connectivity index (χ2v) is 5.86. The summed E-state index contributed by atoms with van der Waals surface area (Å²) in [5.41, 5.74) is 2.07. The Morgan fingerprint density at radius 1 is 0.920 bits per heavy atom. The van der Waals surface area contributed by atoms with Crippen LogP contribution in [0.4, 0.5) is 0 Å². The summed E-state index contributed by atoms with van der Waals surface area (Å²) in [6, 6.07) is 19.6. The van der Waals surface area contributed by atoms with Crippen molar-refractivity contribution in [1.29, 1.82) is 0 Å². The normalized spacial score (nSPS) is 23.1. The van der Waals surface area contributed by atoms with Gasteiger partial charge >= 0.3 is 0 Å². The van der Waals surface area contributed by atoms with Crippen LogP contribution in [-0.4, -0.2) is 38.0 Å². The highest BCUT2D eigenvalue weighted by Gasteiger charge is 2.44. The summed E-state index contributed by atoms with van der Waals surface area (Å²) in [5.74, 6) is -0.202. The number of Topliss-reactive ketones (excluding diaryl/α,β-unsaturated/α-hetero) is 1. The largest absolute Gasteiger partial charge is 0.374 e. The number of benzene rings is 2. The number of carbonyl (C=O) groups excluding carboxylic acids is 1. The van der Waals surface area contributed by atoms with Crippen LogP contribution in [0.3, 0.4) is 0 Å². The molecule has 3 atom stereocenters. The van der Waals surface area contributed by atoms with E-state index in [2.05, 4.69) is 0 Å². The zero-order chi connectivity index (χ0) is 17.5. The van der Waals surface area contributed by atoms with E-state index in [0.29, 0.717) is 13.2 Å². The standard InChI is InChI=1S/C20H22O5/c1-22-20-18(21)19(24-13-16-10-6-3-7-11-16)17(25-20)14-23-12-15-8-4-2-5-9-15/h2-11,17,19-20H,12-14H2,1H3/t17-,19-,20?/m1/s1. The Bertz CT molecular complexity index is 658. The van der Waals surface area contributed by atoms with Gasteiger partial charge in [0.1, 0.15) is 12.2 Å². The van der Waals surface area contributed by atoms with E-state index >= 15 is 0 Å². The van der Waals surface area contributed by atoms with Crippen molar-refractivity contribution >= 4 is 5.78 Å². The average molecular weight is 342 g/mol. The first-order valence-electron chi connectivity index (χ1n) is 8.27. The minimum atomic E-state index is -0.897. The molecule has 0 spiro atoms. The van der Waals surface area contributed by atoms with E-state index in [0.717, 1.165) is 11.1 Å². The molecule has 2 aromatic rings. The van der Waals surface area contributed by atoms with Crippen LogP contribution in [0, 0.1) is 0 Å². The van der Waals surface area contributed by atoms with E-state index in [1.807, 2.05) is 60.7 Å². The lowest BCUT2D eigenvalue weighted by Crippen LogP contribution is -2.34. The molecule has 0 radical (unpaired) electrons. The van der Waals surface area contributed by atoms with Crippen LogP contribution in [-0.2, 0) is 37.0 Å². The van der Waals surface area contributed by atoms with Gasteiger partial charge in [0.15, 0.2) is 0 Å². The lowest BCUT2D eigenvalue weighted by Gasteiger charge is -2.17. The zero-order valence-corrected chi connectivity index (χ0v) is 14.2. The van der Waals surface area contributed by atoms with Crippen LogP contribution in [0.2, 0.25) is 0 Å². The quantitative estimate of drug-likeness (QED) is 0.738. The summed E-state index contributed by atoms with van der Waals surface area (Å²) in [6.45, 7) is 1.06. The van der Waals surface area contributed by atoms with Crippen LogP contribution in [0.1, 0.15) is 11.1 Å². The molecule has 0 bridgehead atoms. The summed E-state index contributed by atoms with van der Waals surface area (Å²) in [5, 5.41) is 0. The fourth-order valence-electron chi connectivity index (χ4n) is 2.73. The van der Waals surface area contributed by atoms with Crippen molar-refractivity contribution < 1.29 is 23.7 Å². The Balaban J connectivity index is 1.56. The van der Waals surface area contributed by atoms with E-state index in [-0.39, 0.29) is 12.4 Å². The minimum absolute atomic E-state index is 0.202. The van der Waals surface area contributed by atoms with Crippen LogP contribution >= 0.6 is 0 Å².